The molecule has 4 unspecified atom stereocenters. The highest BCUT2D eigenvalue weighted by Gasteiger charge is 2.51. The number of alkyl halides is 1. The average Bonchev–Trinajstić information content (AvgIpc) is 3.55. The van der Waals surface area contributed by atoms with Crippen LogP contribution in [0, 0.1) is 17.8 Å². The van der Waals surface area contributed by atoms with Crippen molar-refractivity contribution in [2.75, 3.05) is 20.3 Å². The van der Waals surface area contributed by atoms with E-state index in [2.05, 4.69) is 48.6 Å². The van der Waals surface area contributed by atoms with Crippen LogP contribution in [-0.4, -0.2) is 67.2 Å². The molecule has 0 aromatic heterocycles. The van der Waals surface area contributed by atoms with Crippen LogP contribution in [0.1, 0.15) is 117 Å². The Balaban J connectivity index is 1.42. The summed E-state index contributed by atoms with van der Waals surface area (Å²) in [5.74, 6) is 1.18. The number of carbonyl (C=O) groups is 1. The molecule has 0 amide bonds. The molecule has 3 heterocycles. The summed E-state index contributed by atoms with van der Waals surface area (Å²) in [5, 5.41) is 0. The lowest BCUT2D eigenvalue weighted by Crippen LogP contribution is -2.32. The zero-order valence-electron chi connectivity index (χ0n) is 26.4. The fourth-order valence-corrected chi connectivity index (χ4v) is 8.09. The SMILES string of the molecule is CCCCC[C@H](C)C[C@@H](C=C[C@@H]1[C@H]2CC(C(I)CCCC(=O)OC)O[C@@H]2C[C@H]1OC1CCCCO1)OC1CCCCO1. The molecule has 4 rings (SSSR count). The summed E-state index contributed by atoms with van der Waals surface area (Å²) in [6, 6.07) is 0. The van der Waals surface area contributed by atoms with E-state index in [0.717, 1.165) is 71.0 Å². The van der Waals surface area contributed by atoms with Crippen molar-refractivity contribution in [2.45, 2.75) is 158 Å². The number of carbonyl (C=O) groups excluding carboxylic acids is 1. The van der Waals surface area contributed by atoms with Gasteiger partial charge < -0.3 is 28.4 Å². The minimum Gasteiger partial charge on any atom is -0.469 e. The molecule has 0 spiro atoms. The molecule has 1 saturated carbocycles. The highest BCUT2D eigenvalue weighted by Crippen LogP contribution is 2.48. The minimum atomic E-state index is -0.131. The highest BCUT2D eigenvalue weighted by molar-refractivity contribution is 14.1. The van der Waals surface area contributed by atoms with Crippen LogP contribution in [0.5, 0.6) is 0 Å². The Kier molecular flexibility index (Phi) is 15.4. The fourth-order valence-electron chi connectivity index (χ4n) is 7.19. The van der Waals surface area contributed by atoms with E-state index < -0.39 is 0 Å². The summed E-state index contributed by atoms with van der Waals surface area (Å²) < 4.78 is 37.2. The van der Waals surface area contributed by atoms with Crippen molar-refractivity contribution < 1.29 is 33.2 Å². The van der Waals surface area contributed by atoms with Gasteiger partial charge in [-0.3, -0.25) is 4.79 Å². The van der Waals surface area contributed by atoms with Gasteiger partial charge in [0, 0.05) is 35.9 Å². The van der Waals surface area contributed by atoms with E-state index in [1.165, 1.54) is 45.6 Å². The second-order valence-corrected chi connectivity index (χ2v) is 14.7. The Labute approximate surface area is 268 Å². The quantitative estimate of drug-likeness (QED) is 0.0501. The summed E-state index contributed by atoms with van der Waals surface area (Å²) >= 11 is 2.53. The highest BCUT2D eigenvalue weighted by atomic mass is 127. The van der Waals surface area contributed by atoms with Gasteiger partial charge in [0.25, 0.3) is 0 Å². The topological polar surface area (TPSA) is 72.5 Å². The van der Waals surface area contributed by atoms with E-state index >= 15 is 0 Å². The van der Waals surface area contributed by atoms with E-state index in [1.807, 2.05) is 0 Å². The van der Waals surface area contributed by atoms with E-state index in [4.69, 9.17) is 28.4 Å². The van der Waals surface area contributed by atoms with Crippen LogP contribution in [0.3, 0.4) is 0 Å². The standard InChI is InChI=1S/C34H57IO7/c1-4-5-6-12-24(2)21-25(40-33-15-7-9-19-38-33)17-18-26-27-22-31(28(35)13-11-14-32(36)37-3)41-30(27)23-29(26)42-34-16-8-10-20-39-34/h17-18,24-31,33-34H,4-16,19-23H2,1-3H3/t24-,25+,26+,27+,28?,29+,30+,31?,33?,34?/m0/s1. The molecular weight excluding hydrogens is 647 g/mol. The van der Waals surface area contributed by atoms with Gasteiger partial charge in [-0.1, -0.05) is 74.3 Å². The first-order valence-corrected chi connectivity index (χ1v) is 18.3. The number of esters is 1. The molecule has 0 radical (unpaired) electrons. The van der Waals surface area contributed by atoms with E-state index in [9.17, 15) is 4.79 Å². The first-order chi connectivity index (χ1) is 20.5. The molecule has 4 fully saturated rings. The van der Waals surface area contributed by atoms with Crippen LogP contribution < -0.4 is 0 Å². The largest absolute Gasteiger partial charge is 0.469 e. The summed E-state index contributed by atoms with van der Waals surface area (Å²) in [4.78, 5) is 11.6. The minimum absolute atomic E-state index is 0.0455. The number of ether oxygens (including phenoxy) is 6. The monoisotopic (exact) mass is 704 g/mol. The summed E-state index contributed by atoms with van der Waals surface area (Å²) in [6.45, 7) is 6.23. The Morgan fingerprint density at radius 1 is 1.00 bits per heavy atom. The molecule has 1 aliphatic carbocycles. The van der Waals surface area contributed by atoms with Gasteiger partial charge in [-0.05, 0) is 76.0 Å². The Hall–Kier alpha value is -0.260. The molecule has 0 aromatic carbocycles. The average molecular weight is 705 g/mol. The number of hydrogen-bond acceptors (Lipinski definition) is 7. The summed E-state index contributed by atoms with van der Waals surface area (Å²) in [6.07, 6.45) is 22.0. The zero-order chi connectivity index (χ0) is 29.7. The van der Waals surface area contributed by atoms with Crippen LogP contribution in [0.15, 0.2) is 12.2 Å². The molecule has 0 N–H and O–H groups in total. The van der Waals surface area contributed by atoms with Crippen molar-refractivity contribution in [3.05, 3.63) is 12.2 Å². The predicted molar refractivity (Wildman–Crippen MR) is 173 cm³/mol. The van der Waals surface area contributed by atoms with Gasteiger partial charge in [0.2, 0.25) is 0 Å². The molecule has 0 aromatic rings. The normalized spacial score (nSPS) is 33.9. The third kappa shape index (κ3) is 11.0. The number of rotatable bonds is 17. The number of hydrogen-bond donors (Lipinski definition) is 0. The zero-order valence-corrected chi connectivity index (χ0v) is 28.5. The van der Waals surface area contributed by atoms with Gasteiger partial charge in [-0.2, -0.15) is 0 Å². The van der Waals surface area contributed by atoms with Gasteiger partial charge in [0.1, 0.15) is 0 Å². The molecule has 4 aliphatic rings. The molecule has 3 aliphatic heterocycles. The molecule has 242 valence electrons. The van der Waals surface area contributed by atoms with Gasteiger partial charge in [0.05, 0.1) is 31.5 Å². The second-order valence-electron chi connectivity index (χ2n) is 13.1. The summed E-state index contributed by atoms with van der Waals surface area (Å²) in [5.41, 5.74) is 0. The lowest BCUT2D eigenvalue weighted by atomic mass is 9.88. The lowest BCUT2D eigenvalue weighted by molar-refractivity contribution is -0.194. The van der Waals surface area contributed by atoms with Crippen LogP contribution in [0.4, 0.5) is 0 Å². The van der Waals surface area contributed by atoms with Crippen molar-refractivity contribution >= 4 is 28.6 Å². The molecular formula is C34H57IO7. The maximum atomic E-state index is 11.6. The molecule has 3 saturated heterocycles. The Bertz CT molecular complexity index is 797. The third-order valence-electron chi connectivity index (χ3n) is 9.62. The number of halogens is 1. The van der Waals surface area contributed by atoms with Gasteiger partial charge in [-0.25, -0.2) is 0 Å². The number of fused-ring (bicyclic) bond motifs is 1. The third-order valence-corrected chi connectivity index (χ3v) is 11.0. The van der Waals surface area contributed by atoms with Crippen molar-refractivity contribution in [1.82, 2.24) is 0 Å². The van der Waals surface area contributed by atoms with Gasteiger partial charge in [0.15, 0.2) is 12.6 Å². The number of unbranched alkanes of at least 4 members (excludes halogenated alkanes) is 2. The molecule has 42 heavy (non-hydrogen) atoms. The predicted octanol–water partition coefficient (Wildman–Crippen LogP) is 7.91. The summed E-state index contributed by atoms with van der Waals surface area (Å²) in [7, 11) is 1.46. The van der Waals surface area contributed by atoms with Gasteiger partial charge in [-0.15, -0.1) is 0 Å². The molecule has 10 atom stereocenters. The Morgan fingerprint density at radius 2 is 1.76 bits per heavy atom. The van der Waals surface area contributed by atoms with Crippen LogP contribution >= 0.6 is 22.6 Å². The smallest absolute Gasteiger partial charge is 0.305 e. The number of methoxy groups -OCH3 is 1. The second kappa shape index (κ2) is 18.6. The van der Waals surface area contributed by atoms with E-state index in [0.29, 0.717) is 22.2 Å². The molecule has 0 bridgehead atoms. The Morgan fingerprint density at radius 3 is 2.45 bits per heavy atom. The van der Waals surface area contributed by atoms with E-state index in [1.54, 1.807) is 0 Å². The van der Waals surface area contributed by atoms with Crippen LogP contribution in [0.25, 0.3) is 0 Å². The van der Waals surface area contributed by atoms with Crippen molar-refractivity contribution in [1.29, 1.82) is 0 Å². The van der Waals surface area contributed by atoms with Crippen molar-refractivity contribution in [3.8, 4) is 0 Å². The maximum Gasteiger partial charge on any atom is 0.305 e. The maximum absolute atomic E-state index is 11.6. The van der Waals surface area contributed by atoms with Crippen LogP contribution in [0.2, 0.25) is 0 Å². The van der Waals surface area contributed by atoms with E-state index in [-0.39, 0.29) is 48.9 Å². The first kappa shape index (κ1) is 34.6. The van der Waals surface area contributed by atoms with Gasteiger partial charge >= 0.3 is 5.97 Å². The van der Waals surface area contributed by atoms with Crippen molar-refractivity contribution in [3.63, 3.8) is 0 Å². The molecule has 8 heteroatoms. The fraction of sp³-hybridized carbons (Fsp3) is 0.912. The van der Waals surface area contributed by atoms with Crippen molar-refractivity contribution in [2.24, 2.45) is 17.8 Å². The first-order valence-electron chi connectivity index (χ1n) is 17.1. The van der Waals surface area contributed by atoms with Crippen LogP contribution in [-0.2, 0) is 33.2 Å². The lowest BCUT2D eigenvalue weighted by Gasteiger charge is -2.30. The molecule has 7 nitrogen and oxygen atoms in total.